The molecule has 1 unspecified atom stereocenters. The number of amides is 1. The van der Waals surface area contributed by atoms with Crippen molar-refractivity contribution in [2.75, 3.05) is 29.4 Å². The predicted octanol–water partition coefficient (Wildman–Crippen LogP) is 3.53. The van der Waals surface area contributed by atoms with Crippen LogP contribution < -0.4 is 9.80 Å². The molecule has 34 heavy (non-hydrogen) atoms. The van der Waals surface area contributed by atoms with Gasteiger partial charge in [0.1, 0.15) is 17.9 Å². The summed E-state index contributed by atoms with van der Waals surface area (Å²) >= 11 is 0. The lowest BCUT2D eigenvalue weighted by molar-refractivity contribution is -0.140. The molecule has 5 rings (SSSR count). The lowest BCUT2D eigenvalue weighted by atomic mass is 9.79. The van der Waals surface area contributed by atoms with Crippen LogP contribution in [0.2, 0.25) is 0 Å². The molecule has 2 saturated heterocycles. The minimum atomic E-state index is -4.68. The van der Waals surface area contributed by atoms with Crippen LogP contribution in [-0.2, 0) is 17.5 Å². The van der Waals surface area contributed by atoms with Gasteiger partial charge in [-0.05, 0) is 25.0 Å². The molecule has 8 nitrogen and oxygen atoms in total. The number of rotatable bonds is 4. The van der Waals surface area contributed by atoms with Gasteiger partial charge in [0.25, 0.3) is 6.43 Å². The van der Waals surface area contributed by atoms with Gasteiger partial charge in [-0.25, -0.2) is 28.4 Å². The van der Waals surface area contributed by atoms with Gasteiger partial charge in [-0.2, -0.15) is 18.3 Å². The van der Waals surface area contributed by atoms with Crippen molar-refractivity contribution in [1.82, 2.24) is 24.7 Å². The maximum Gasteiger partial charge on any atom is 0.435 e. The van der Waals surface area contributed by atoms with Gasteiger partial charge in [0.2, 0.25) is 5.91 Å². The van der Waals surface area contributed by atoms with Crippen molar-refractivity contribution in [3.8, 4) is 0 Å². The standard InChI is InChI=1S/C21H20F5N7O/c22-15(23)10-33-19-13(8-29-33)28-9-16(30-19)31-6-2-4-20(11-31)7-17(34)32(12-20)14-3-1-5-27-18(14)21(24,25)26/h1,3,5,8-9,15H,2,4,6-7,10-12H2. The highest BCUT2D eigenvalue weighted by Gasteiger charge is 2.48. The van der Waals surface area contributed by atoms with Gasteiger partial charge in [-0.3, -0.25) is 4.79 Å². The molecule has 0 aromatic carbocycles. The maximum atomic E-state index is 13.5. The zero-order chi connectivity index (χ0) is 24.1. The fourth-order valence-corrected chi connectivity index (χ4v) is 4.88. The predicted molar refractivity (Wildman–Crippen MR) is 111 cm³/mol. The van der Waals surface area contributed by atoms with Crippen LogP contribution in [0.5, 0.6) is 0 Å². The number of piperidine rings is 1. The van der Waals surface area contributed by atoms with Gasteiger partial charge in [-0.1, -0.05) is 0 Å². The monoisotopic (exact) mass is 481 g/mol. The molecule has 0 bridgehead atoms. The van der Waals surface area contributed by atoms with E-state index in [4.69, 9.17) is 0 Å². The van der Waals surface area contributed by atoms with E-state index in [-0.39, 0.29) is 24.3 Å². The van der Waals surface area contributed by atoms with Crippen LogP contribution in [-0.4, -0.2) is 56.7 Å². The van der Waals surface area contributed by atoms with Crippen molar-refractivity contribution in [3.63, 3.8) is 0 Å². The number of hydrogen-bond donors (Lipinski definition) is 0. The van der Waals surface area contributed by atoms with Crippen LogP contribution in [0.4, 0.5) is 33.5 Å². The largest absolute Gasteiger partial charge is 0.435 e. The van der Waals surface area contributed by atoms with Crippen LogP contribution in [0.1, 0.15) is 25.0 Å². The average Bonchev–Trinajstić information content (AvgIpc) is 3.32. The lowest BCUT2D eigenvalue weighted by Crippen LogP contribution is -2.45. The minimum Gasteiger partial charge on any atom is -0.355 e. The number of aromatic nitrogens is 5. The molecule has 0 radical (unpaired) electrons. The normalized spacial score (nSPS) is 21.4. The third-order valence-electron chi connectivity index (χ3n) is 6.30. The molecule has 2 aliphatic heterocycles. The summed E-state index contributed by atoms with van der Waals surface area (Å²) in [5, 5.41) is 3.92. The first-order valence-corrected chi connectivity index (χ1v) is 10.7. The Kier molecular flexibility index (Phi) is 5.36. The summed E-state index contributed by atoms with van der Waals surface area (Å²) < 4.78 is 67.3. The molecule has 3 aromatic rings. The first-order chi connectivity index (χ1) is 16.2. The molecule has 1 atom stereocenters. The zero-order valence-electron chi connectivity index (χ0n) is 17.8. The number of nitrogens with zero attached hydrogens (tertiary/aromatic N) is 7. The minimum absolute atomic E-state index is 0.0919. The Bertz CT molecular complexity index is 1230. The van der Waals surface area contributed by atoms with Gasteiger partial charge in [0.15, 0.2) is 11.3 Å². The van der Waals surface area contributed by atoms with Gasteiger partial charge in [-0.15, -0.1) is 0 Å². The van der Waals surface area contributed by atoms with Crippen molar-refractivity contribution >= 4 is 28.6 Å². The number of hydrogen-bond acceptors (Lipinski definition) is 6. The summed E-state index contributed by atoms with van der Waals surface area (Å²) in [6, 6.07) is 2.64. The van der Waals surface area contributed by atoms with Gasteiger partial charge < -0.3 is 9.80 Å². The number of fused-ring (bicyclic) bond motifs is 1. The van der Waals surface area contributed by atoms with E-state index in [1.807, 2.05) is 4.90 Å². The maximum absolute atomic E-state index is 13.5. The fourth-order valence-electron chi connectivity index (χ4n) is 4.88. The van der Waals surface area contributed by atoms with Crippen molar-refractivity contribution in [1.29, 1.82) is 0 Å². The van der Waals surface area contributed by atoms with Crippen LogP contribution in [0.3, 0.4) is 0 Å². The lowest BCUT2D eigenvalue weighted by Gasteiger charge is -2.40. The molecule has 5 heterocycles. The summed E-state index contributed by atoms with van der Waals surface area (Å²) in [7, 11) is 0. The van der Waals surface area contributed by atoms with E-state index in [2.05, 4.69) is 20.1 Å². The SMILES string of the molecule is O=C1CC2(CCCN(c3cnc4cnn(CC(F)F)c4n3)C2)CN1c1cccnc1C(F)(F)F. The number of carbonyl (C=O) groups excluding carboxylic acids is 1. The van der Waals surface area contributed by atoms with E-state index in [0.717, 1.165) is 10.9 Å². The Labute approximate surface area is 190 Å². The quantitative estimate of drug-likeness (QED) is 0.531. The van der Waals surface area contributed by atoms with Crippen molar-refractivity contribution in [2.24, 2.45) is 5.41 Å². The van der Waals surface area contributed by atoms with Crippen LogP contribution in [0.25, 0.3) is 11.2 Å². The second kappa shape index (κ2) is 8.13. The first kappa shape index (κ1) is 22.4. The van der Waals surface area contributed by atoms with Gasteiger partial charge in [0, 0.05) is 37.7 Å². The molecule has 1 amide bonds. The Hall–Kier alpha value is -3.38. The third kappa shape index (κ3) is 4.03. The summed E-state index contributed by atoms with van der Waals surface area (Å²) in [5.41, 5.74) is -1.29. The van der Waals surface area contributed by atoms with Gasteiger partial charge >= 0.3 is 6.18 Å². The number of anilines is 2. The van der Waals surface area contributed by atoms with Crippen LogP contribution in [0, 0.1) is 5.41 Å². The molecule has 3 aromatic heterocycles. The molecule has 2 aliphatic rings. The molecule has 0 N–H and O–H groups in total. The Balaban J connectivity index is 1.41. The second-order valence-electron chi connectivity index (χ2n) is 8.71. The topological polar surface area (TPSA) is 80.0 Å². The van der Waals surface area contributed by atoms with E-state index >= 15 is 0 Å². The van der Waals surface area contributed by atoms with Crippen molar-refractivity contribution < 1.29 is 26.7 Å². The molecule has 180 valence electrons. The highest BCUT2D eigenvalue weighted by atomic mass is 19.4. The van der Waals surface area contributed by atoms with E-state index in [1.54, 1.807) is 0 Å². The van der Waals surface area contributed by atoms with Gasteiger partial charge in [0.05, 0.1) is 18.1 Å². The molecule has 0 aliphatic carbocycles. The number of halogens is 5. The number of pyridine rings is 1. The highest BCUT2D eigenvalue weighted by molar-refractivity contribution is 5.97. The summed E-state index contributed by atoms with van der Waals surface area (Å²) in [5.74, 6) is 0.0581. The molecular weight excluding hydrogens is 461 g/mol. The molecule has 13 heteroatoms. The molecular formula is C21H20F5N7O. The Morgan fingerprint density at radius 1 is 1.15 bits per heavy atom. The van der Waals surface area contributed by atoms with E-state index < -0.39 is 36.2 Å². The van der Waals surface area contributed by atoms with Crippen molar-refractivity contribution in [3.05, 3.63) is 36.4 Å². The third-order valence-corrected chi connectivity index (χ3v) is 6.30. The summed E-state index contributed by atoms with van der Waals surface area (Å²) in [4.78, 5) is 28.2. The van der Waals surface area contributed by atoms with E-state index in [9.17, 15) is 26.7 Å². The second-order valence-corrected chi connectivity index (χ2v) is 8.71. The molecule has 2 fully saturated rings. The Morgan fingerprint density at radius 3 is 2.74 bits per heavy atom. The first-order valence-electron chi connectivity index (χ1n) is 10.7. The van der Waals surface area contributed by atoms with E-state index in [1.165, 1.54) is 29.4 Å². The smallest absolute Gasteiger partial charge is 0.355 e. The average molecular weight is 481 g/mol. The highest BCUT2D eigenvalue weighted by Crippen LogP contribution is 2.44. The van der Waals surface area contributed by atoms with E-state index in [0.29, 0.717) is 37.3 Å². The molecule has 1 spiro atoms. The zero-order valence-corrected chi connectivity index (χ0v) is 17.8. The molecule has 0 saturated carbocycles. The fraction of sp³-hybridized carbons (Fsp3) is 0.476. The summed E-state index contributed by atoms with van der Waals surface area (Å²) in [6.07, 6.45) is -1.90. The Morgan fingerprint density at radius 2 is 1.97 bits per heavy atom. The van der Waals surface area contributed by atoms with Crippen molar-refractivity contribution in [2.45, 2.75) is 38.4 Å². The van der Waals surface area contributed by atoms with Crippen LogP contribution >= 0.6 is 0 Å². The summed E-state index contributed by atoms with van der Waals surface area (Å²) in [6.45, 7) is 0.484. The van der Waals surface area contributed by atoms with Crippen LogP contribution in [0.15, 0.2) is 30.7 Å². The number of alkyl halides is 5. The number of carbonyl (C=O) groups is 1.